The lowest BCUT2D eigenvalue weighted by molar-refractivity contribution is -0.123. The minimum absolute atomic E-state index is 0.0121. The lowest BCUT2D eigenvalue weighted by atomic mass is 9.84. The van der Waals surface area contributed by atoms with Crippen molar-refractivity contribution in [2.45, 2.75) is 38.1 Å². The van der Waals surface area contributed by atoms with Crippen molar-refractivity contribution >= 4 is 5.91 Å². The van der Waals surface area contributed by atoms with Crippen molar-refractivity contribution in [2.75, 3.05) is 7.05 Å². The second kappa shape index (κ2) is 4.45. The molecule has 0 radical (unpaired) electrons. The predicted octanol–water partition coefficient (Wildman–Crippen LogP) is 0.640. The van der Waals surface area contributed by atoms with Crippen LogP contribution in [0.25, 0.3) is 0 Å². The summed E-state index contributed by atoms with van der Waals surface area (Å²) in [6, 6.07) is -0.282. The Labute approximate surface area is 73.7 Å². The largest absolute Gasteiger partial charge is 0.358 e. The molecule has 1 aliphatic rings. The van der Waals surface area contributed by atoms with Crippen molar-refractivity contribution < 1.29 is 4.79 Å². The summed E-state index contributed by atoms with van der Waals surface area (Å²) in [4.78, 5) is 11.2. The maximum Gasteiger partial charge on any atom is 0.236 e. The topological polar surface area (TPSA) is 55.1 Å². The van der Waals surface area contributed by atoms with Crippen molar-refractivity contribution in [2.24, 2.45) is 11.7 Å². The molecule has 0 aromatic rings. The average molecular weight is 170 g/mol. The molecule has 0 aliphatic heterocycles. The smallest absolute Gasteiger partial charge is 0.236 e. The van der Waals surface area contributed by atoms with Crippen molar-refractivity contribution in [3.05, 3.63) is 0 Å². The van der Waals surface area contributed by atoms with Gasteiger partial charge >= 0.3 is 0 Å². The Kier molecular flexibility index (Phi) is 3.53. The quantitative estimate of drug-likeness (QED) is 0.639. The molecule has 0 unspecified atom stereocenters. The third-order valence-corrected chi connectivity index (χ3v) is 2.71. The molecule has 0 bridgehead atoms. The maximum absolute atomic E-state index is 11.2. The second-order valence-corrected chi connectivity index (χ2v) is 3.54. The Morgan fingerprint density at radius 2 is 2.00 bits per heavy atom. The summed E-state index contributed by atoms with van der Waals surface area (Å²) in [5, 5.41) is 2.60. The Morgan fingerprint density at radius 1 is 1.42 bits per heavy atom. The fourth-order valence-electron chi connectivity index (χ4n) is 1.87. The van der Waals surface area contributed by atoms with Gasteiger partial charge in [0, 0.05) is 7.05 Å². The molecule has 3 N–H and O–H groups in total. The van der Waals surface area contributed by atoms with Crippen LogP contribution in [0.1, 0.15) is 32.1 Å². The van der Waals surface area contributed by atoms with Gasteiger partial charge in [-0.2, -0.15) is 0 Å². The van der Waals surface area contributed by atoms with Gasteiger partial charge in [0.1, 0.15) is 0 Å². The van der Waals surface area contributed by atoms with Crippen LogP contribution in [0.15, 0.2) is 0 Å². The Balaban J connectivity index is 2.39. The van der Waals surface area contributed by atoms with Gasteiger partial charge in [-0.25, -0.2) is 0 Å². The van der Waals surface area contributed by atoms with Gasteiger partial charge in [-0.15, -0.1) is 0 Å². The van der Waals surface area contributed by atoms with Crippen LogP contribution in [-0.4, -0.2) is 19.0 Å². The molecule has 12 heavy (non-hydrogen) atoms. The molecule has 1 fully saturated rings. The molecular weight excluding hydrogens is 152 g/mol. The van der Waals surface area contributed by atoms with Crippen LogP contribution in [0.4, 0.5) is 0 Å². The van der Waals surface area contributed by atoms with Gasteiger partial charge in [0.25, 0.3) is 0 Å². The minimum Gasteiger partial charge on any atom is -0.358 e. The van der Waals surface area contributed by atoms with E-state index in [2.05, 4.69) is 5.32 Å². The van der Waals surface area contributed by atoms with Crippen molar-refractivity contribution in [1.82, 2.24) is 5.32 Å². The fourth-order valence-corrected chi connectivity index (χ4v) is 1.87. The highest BCUT2D eigenvalue weighted by Crippen LogP contribution is 2.25. The summed E-state index contributed by atoms with van der Waals surface area (Å²) < 4.78 is 0. The number of nitrogens with two attached hydrogens (primary N) is 1. The minimum atomic E-state index is -0.282. The molecule has 0 saturated heterocycles. The standard InChI is InChI=1S/C9H18N2O/c1-11-9(12)8(10)7-5-3-2-4-6-7/h7-8H,2-6,10H2,1H3,(H,11,12)/t8-/m0/s1. The zero-order chi connectivity index (χ0) is 8.97. The molecule has 0 spiro atoms. The van der Waals surface area contributed by atoms with Gasteiger partial charge in [-0.3, -0.25) is 4.79 Å². The molecule has 1 aliphatic carbocycles. The van der Waals surface area contributed by atoms with Crippen molar-refractivity contribution in [1.29, 1.82) is 0 Å². The fraction of sp³-hybridized carbons (Fsp3) is 0.889. The van der Waals surface area contributed by atoms with Gasteiger partial charge in [0.15, 0.2) is 0 Å². The molecule has 1 atom stereocenters. The average Bonchev–Trinajstić information content (AvgIpc) is 2.17. The third kappa shape index (κ3) is 2.21. The molecule has 1 amide bonds. The highest BCUT2D eigenvalue weighted by Gasteiger charge is 2.24. The molecule has 0 heterocycles. The Morgan fingerprint density at radius 3 is 2.50 bits per heavy atom. The van der Waals surface area contributed by atoms with E-state index in [9.17, 15) is 4.79 Å². The zero-order valence-corrected chi connectivity index (χ0v) is 7.68. The summed E-state index contributed by atoms with van der Waals surface area (Å²) in [5.41, 5.74) is 5.79. The van der Waals surface area contributed by atoms with E-state index in [0.29, 0.717) is 5.92 Å². The summed E-state index contributed by atoms with van der Waals surface area (Å²) in [7, 11) is 1.64. The van der Waals surface area contributed by atoms with E-state index < -0.39 is 0 Å². The number of carbonyl (C=O) groups is 1. The van der Waals surface area contributed by atoms with Gasteiger partial charge in [0.2, 0.25) is 5.91 Å². The Bertz CT molecular complexity index is 153. The van der Waals surface area contributed by atoms with E-state index in [1.807, 2.05) is 0 Å². The molecule has 3 heteroatoms. The lowest BCUT2D eigenvalue weighted by Gasteiger charge is -2.25. The van der Waals surface area contributed by atoms with E-state index in [1.165, 1.54) is 19.3 Å². The number of rotatable bonds is 2. The summed E-state index contributed by atoms with van der Waals surface area (Å²) >= 11 is 0. The first kappa shape index (κ1) is 9.52. The number of likely N-dealkylation sites (N-methyl/N-ethyl adjacent to an activating group) is 1. The number of hydrogen-bond donors (Lipinski definition) is 2. The van der Waals surface area contributed by atoms with Crippen LogP contribution in [0.2, 0.25) is 0 Å². The van der Waals surface area contributed by atoms with E-state index in [4.69, 9.17) is 5.73 Å². The van der Waals surface area contributed by atoms with Crippen LogP contribution in [0.3, 0.4) is 0 Å². The highest BCUT2D eigenvalue weighted by atomic mass is 16.2. The van der Waals surface area contributed by atoms with Crippen LogP contribution < -0.4 is 11.1 Å². The summed E-state index contributed by atoms with van der Waals surface area (Å²) in [5.74, 6) is 0.403. The SMILES string of the molecule is CNC(=O)[C@@H](N)C1CCCCC1. The third-order valence-electron chi connectivity index (χ3n) is 2.71. The van der Waals surface area contributed by atoms with E-state index in [-0.39, 0.29) is 11.9 Å². The van der Waals surface area contributed by atoms with Crippen LogP contribution in [-0.2, 0) is 4.79 Å². The normalized spacial score (nSPS) is 21.8. The van der Waals surface area contributed by atoms with Gasteiger partial charge < -0.3 is 11.1 Å². The summed E-state index contributed by atoms with van der Waals surface area (Å²) in [6.07, 6.45) is 6.00. The predicted molar refractivity (Wildman–Crippen MR) is 48.6 cm³/mol. The molecular formula is C9H18N2O. The first-order chi connectivity index (χ1) is 5.75. The molecule has 0 aromatic carbocycles. The molecule has 70 valence electrons. The van der Waals surface area contributed by atoms with E-state index in [0.717, 1.165) is 12.8 Å². The Hall–Kier alpha value is -0.570. The van der Waals surface area contributed by atoms with Gasteiger partial charge in [0.05, 0.1) is 6.04 Å². The molecule has 0 aromatic heterocycles. The first-order valence-electron chi connectivity index (χ1n) is 4.73. The number of nitrogens with one attached hydrogen (secondary N) is 1. The molecule has 1 saturated carbocycles. The van der Waals surface area contributed by atoms with Crippen LogP contribution in [0, 0.1) is 5.92 Å². The first-order valence-corrected chi connectivity index (χ1v) is 4.73. The second-order valence-electron chi connectivity index (χ2n) is 3.54. The van der Waals surface area contributed by atoms with E-state index >= 15 is 0 Å². The highest BCUT2D eigenvalue weighted by molar-refractivity contribution is 5.81. The van der Waals surface area contributed by atoms with Crippen molar-refractivity contribution in [3.63, 3.8) is 0 Å². The monoisotopic (exact) mass is 170 g/mol. The summed E-state index contributed by atoms with van der Waals surface area (Å²) in [6.45, 7) is 0. The van der Waals surface area contributed by atoms with Gasteiger partial charge in [-0.1, -0.05) is 19.3 Å². The van der Waals surface area contributed by atoms with Crippen LogP contribution >= 0.6 is 0 Å². The van der Waals surface area contributed by atoms with Crippen molar-refractivity contribution in [3.8, 4) is 0 Å². The number of amides is 1. The molecule has 1 rings (SSSR count). The van der Waals surface area contributed by atoms with Gasteiger partial charge in [-0.05, 0) is 18.8 Å². The maximum atomic E-state index is 11.2. The number of hydrogen-bond acceptors (Lipinski definition) is 2. The molecule has 3 nitrogen and oxygen atoms in total. The van der Waals surface area contributed by atoms with Crippen LogP contribution in [0.5, 0.6) is 0 Å². The lowest BCUT2D eigenvalue weighted by Crippen LogP contribution is -2.44. The zero-order valence-electron chi connectivity index (χ0n) is 7.68. The number of carbonyl (C=O) groups excluding carboxylic acids is 1. The van der Waals surface area contributed by atoms with E-state index in [1.54, 1.807) is 7.05 Å².